The third-order valence-corrected chi connectivity index (χ3v) is 3.61. The van der Waals surface area contributed by atoms with Gasteiger partial charge >= 0.3 is 0 Å². The fraction of sp³-hybridized carbons (Fsp3) is 0.333. The van der Waals surface area contributed by atoms with E-state index < -0.39 is 0 Å². The van der Waals surface area contributed by atoms with Gasteiger partial charge in [0.1, 0.15) is 0 Å². The molecule has 1 aliphatic rings. The highest BCUT2D eigenvalue weighted by Crippen LogP contribution is 2.25. The highest BCUT2D eigenvalue weighted by molar-refractivity contribution is 6.35. The summed E-state index contributed by atoms with van der Waals surface area (Å²) in [5, 5.41) is 4.64. The molecule has 0 amide bonds. The highest BCUT2D eigenvalue weighted by atomic mass is 35.5. The molecule has 104 valence electrons. The van der Waals surface area contributed by atoms with Crippen molar-refractivity contribution in [2.45, 2.75) is 32.4 Å². The van der Waals surface area contributed by atoms with E-state index in [1.807, 2.05) is 25.1 Å². The number of aromatic nitrogens is 2. The molecule has 1 fully saturated rings. The Morgan fingerprint density at radius 3 is 2.45 bits per heavy atom. The van der Waals surface area contributed by atoms with Gasteiger partial charge in [-0.05, 0) is 44.0 Å². The van der Waals surface area contributed by atoms with E-state index >= 15 is 0 Å². The molecule has 1 heterocycles. The van der Waals surface area contributed by atoms with Gasteiger partial charge in [0.25, 0.3) is 0 Å². The number of hydrogen-bond donors (Lipinski definition) is 1. The van der Waals surface area contributed by atoms with Gasteiger partial charge in [-0.2, -0.15) is 0 Å². The molecular formula is C15H15Cl2N3. The van der Waals surface area contributed by atoms with Gasteiger partial charge in [0.05, 0.1) is 5.69 Å². The summed E-state index contributed by atoms with van der Waals surface area (Å²) in [5.41, 5.74) is 2.79. The third-order valence-electron chi connectivity index (χ3n) is 3.18. The molecule has 20 heavy (non-hydrogen) atoms. The second-order valence-corrected chi connectivity index (χ2v) is 6.01. The number of benzene rings is 1. The minimum atomic E-state index is 0.593. The van der Waals surface area contributed by atoms with Crippen LogP contribution in [0, 0.1) is 6.92 Å². The summed E-state index contributed by atoms with van der Waals surface area (Å²) < 4.78 is 0. The Kier molecular flexibility index (Phi) is 3.92. The molecule has 3 nitrogen and oxygen atoms in total. The third kappa shape index (κ3) is 3.48. The van der Waals surface area contributed by atoms with Gasteiger partial charge in [0, 0.05) is 33.9 Å². The van der Waals surface area contributed by atoms with E-state index in [2.05, 4.69) is 15.3 Å². The van der Waals surface area contributed by atoms with Crippen LogP contribution in [0.5, 0.6) is 0 Å². The van der Waals surface area contributed by atoms with Crippen molar-refractivity contribution >= 4 is 23.2 Å². The summed E-state index contributed by atoms with van der Waals surface area (Å²) >= 11 is 12.1. The maximum absolute atomic E-state index is 6.04. The largest absolute Gasteiger partial charge is 0.308 e. The number of aryl methyl sites for hydroxylation is 1. The van der Waals surface area contributed by atoms with Crippen LogP contribution in [0.1, 0.15) is 24.2 Å². The van der Waals surface area contributed by atoms with E-state index in [4.69, 9.17) is 23.2 Å². The minimum absolute atomic E-state index is 0.593. The lowest BCUT2D eigenvalue weighted by atomic mass is 10.2. The number of nitrogens with zero attached hydrogens (tertiary/aromatic N) is 2. The molecule has 0 aliphatic heterocycles. The van der Waals surface area contributed by atoms with Crippen LogP contribution in [0.2, 0.25) is 10.0 Å². The fourth-order valence-corrected chi connectivity index (χ4v) is 2.60. The summed E-state index contributed by atoms with van der Waals surface area (Å²) in [6.45, 7) is 2.74. The average molecular weight is 308 g/mol. The predicted octanol–water partition coefficient (Wildman–Crippen LogP) is 4.01. The van der Waals surface area contributed by atoms with Crippen LogP contribution in [0.25, 0.3) is 11.4 Å². The molecule has 1 saturated carbocycles. The Hall–Kier alpha value is -1.16. The van der Waals surface area contributed by atoms with E-state index in [0.717, 1.165) is 23.5 Å². The minimum Gasteiger partial charge on any atom is -0.308 e. The Bertz CT molecular complexity index is 619. The fourth-order valence-electron chi connectivity index (χ4n) is 2.07. The lowest BCUT2D eigenvalue weighted by Crippen LogP contribution is -2.16. The van der Waals surface area contributed by atoms with Gasteiger partial charge in [-0.3, -0.25) is 0 Å². The van der Waals surface area contributed by atoms with Crippen molar-refractivity contribution < 1.29 is 0 Å². The van der Waals surface area contributed by atoms with Crippen LogP contribution >= 0.6 is 23.2 Å². The molecule has 5 heteroatoms. The summed E-state index contributed by atoms with van der Waals surface area (Å²) in [5.74, 6) is 0.669. The molecule has 0 atom stereocenters. The van der Waals surface area contributed by atoms with Gasteiger partial charge in [0.2, 0.25) is 0 Å². The van der Waals surface area contributed by atoms with Gasteiger partial charge < -0.3 is 5.32 Å². The van der Waals surface area contributed by atoms with Crippen LogP contribution in [0.3, 0.4) is 0 Å². The van der Waals surface area contributed by atoms with Crippen molar-refractivity contribution in [1.29, 1.82) is 0 Å². The van der Waals surface area contributed by atoms with Crippen LogP contribution in [-0.4, -0.2) is 16.0 Å². The smallest absolute Gasteiger partial charge is 0.159 e. The van der Waals surface area contributed by atoms with E-state index in [1.165, 1.54) is 12.8 Å². The summed E-state index contributed by atoms with van der Waals surface area (Å²) in [6.07, 6.45) is 2.53. The quantitative estimate of drug-likeness (QED) is 0.927. The van der Waals surface area contributed by atoms with Crippen LogP contribution in [-0.2, 0) is 6.54 Å². The standard InChI is InChI=1S/C15H15Cl2N3/c1-9-4-14(8-18-13-2-3-13)20-15(19-9)10-5-11(16)7-12(17)6-10/h4-7,13,18H,2-3,8H2,1H3. The predicted molar refractivity (Wildman–Crippen MR) is 82.1 cm³/mol. The molecule has 3 rings (SSSR count). The van der Waals surface area contributed by atoms with Crippen molar-refractivity contribution in [2.75, 3.05) is 0 Å². The molecule has 1 aromatic carbocycles. The maximum atomic E-state index is 6.04. The molecule has 1 aromatic heterocycles. The van der Waals surface area contributed by atoms with E-state index in [9.17, 15) is 0 Å². The lowest BCUT2D eigenvalue weighted by molar-refractivity contribution is 0.672. The molecule has 1 N–H and O–H groups in total. The first-order valence-corrected chi connectivity index (χ1v) is 7.40. The molecular weight excluding hydrogens is 293 g/mol. The highest BCUT2D eigenvalue weighted by Gasteiger charge is 2.20. The van der Waals surface area contributed by atoms with Crippen molar-refractivity contribution in [2.24, 2.45) is 0 Å². The first kappa shape index (κ1) is 13.8. The summed E-state index contributed by atoms with van der Waals surface area (Å²) in [7, 11) is 0. The molecule has 1 aliphatic carbocycles. The first-order valence-electron chi connectivity index (χ1n) is 6.64. The van der Waals surface area contributed by atoms with E-state index in [1.54, 1.807) is 6.07 Å². The number of rotatable bonds is 4. The van der Waals surface area contributed by atoms with Gasteiger partial charge in [-0.1, -0.05) is 23.2 Å². The van der Waals surface area contributed by atoms with Crippen LogP contribution in [0.4, 0.5) is 0 Å². The monoisotopic (exact) mass is 307 g/mol. The normalized spacial score (nSPS) is 14.6. The topological polar surface area (TPSA) is 37.8 Å². The second-order valence-electron chi connectivity index (χ2n) is 5.14. The Balaban J connectivity index is 1.90. The zero-order valence-corrected chi connectivity index (χ0v) is 12.7. The molecule has 0 saturated heterocycles. The summed E-state index contributed by atoms with van der Waals surface area (Å²) in [4.78, 5) is 9.07. The molecule has 0 radical (unpaired) electrons. The molecule has 2 aromatic rings. The van der Waals surface area contributed by atoms with Crippen molar-refractivity contribution in [3.05, 3.63) is 45.7 Å². The number of hydrogen-bond acceptors (Lipinski definition) is 3. The van der Waals surface area contributed by atoms with Crippen molar-refractivity contribution in [3.8, 4) is 11.4 Å². The first-order chi connectivity index (χ1) is 9.60. The summed E-state index contributed by atoms with van der Waals surface area (Å²) in [6, 6.07) is 8.04. The maximum Gasteiger partial charge on any atom is 0.159 e. The Morgan fingerprint density at radius 2 is 1.80 bits per heavy atom. The number of nitrogens with one attached hydrogen (secondary N) is 1. The van der Waals surface area contributed by atoms with Gasteiger partial charge in [-0.25, -0.2) is 9.97 Å². The zero-order chi connectivity index (χ0) is 14.1. The molecule has 0 bridgehead atoms. The molecule has 0 spiro atoms. The second kappa shape index (κ2) is 5.68. The lowest BCUT2D eigenvalue weighted by Gasteiger charge is -2.08. The number of halogens is 2. The van der Waals surface area contributed by atoms with Crippen molar-refractivity contribution in [1.82, 2.24) is 15.3 Å². The zero-order valence-electron chi connectivity index (χ0n) is 11.2. The van der Waals surface area contributed by atoms with E-state index in [0.29, 0.717) is 21.9 Å². The van der Waals surface area contributed by atoms with Crippen LogP contribution in [0.15, 0.2) is 24.3 Å². The van der Waals surface area contributed by atoms with Crippen LogP contribution < -0.4 is 5.32 Å². The van der Waals surface area contributed by atoms with Gasteiger partial charge in [0.15, 0.2) is 5.82 Å². The Labute approximate surface area is 128 Å². The van der Waals surface area contributed by atoms with Crippen molar-refractivity contribution in [3.63, 3.8) is 0 Å². The van der Waals surface area contributed by atoms with Gasteiger partial charge in [-0.15, -0.1) is 0 Å². The Morgan fingerprint density at radius 1 is 1.10 bits per heavy atom. The van der Waals surface area contributed by atoms with E-state index in [-0.39, 0.29) is 0 Å². The average Bonchev–Trinajstić information content (AvgIpc) is 3.18. The molecule has 0 unspecified atom stereocenters. The SMILES string of the molecule is Cc1cc(CNC2CC2)nc(-c2cc(Cl)cc(Cl)c2)n1.